The van der Waals surface area contributed by atoms with Crippen LogP contribution in [0.5, 0.6) is 0 Å². The van der Waals surface area contributed by atoms with Crippen molar-refractivity contribution in [3.05, 3.63) is 52.2 Å². The van der Waals surface area contributed by atoms with E-state index in [-0.39, 0.29) is 5.91 Å². The van der Waals surface area contributed by atoms with Gasteiger partial charge in [-0.2, -0.15) is 0 Å². The first-order chi connectivity index (χ1) is 11.6. The highest BCUT2D eigenvalue weighted by Crippen LogP contribution is 2.41. The fraction of sp³-hybridized carbons (Fsp3) is 0.278. The first-order valence-electron chi connectivity index (χ1n) is 7.92. The van der Waals surface area contributed by atoms with E-state index < -0.39 is 0 Å². The molecule has 1 N–H and O–H groups in total. The van der Waals surface area contributed by atoms with Gasteiger partial charge in [-0.05, 0) is 44.9 Å². The van der Waals surface area contributed by atoms with Crippen LogP contribution in [0.15, 0.2) is 34.7 Å². The summed E-state index contributed by atoms with van der Waals surface area (Å²) in [5, 5.41) is 11.2. The summed E-state index contributed by atoms with van der Waals surface area (Å²) in [4.78, 5) is 14.3. The lowest BCUT2D eigenvalue weighted by atomic mass is 10.1. The number of benzene rings is 1. The van der Waals surface area contributed by atoms with Crippen molar-refractivity contribution in [1.29, 1.82) is 0 Å². The maximum absolute atomic E-state index is 12.4. The molecule has 1 fully saturated rings. The molecule has 0 spiro atoms. The van der Waals surface area contributed by atoms with Gasteiger partial charge in [-0.1, -0.05) is 17.7 Å². The Balaban J connectivity index is 1.55. The lowest BCUT2D eigenvalue weighted by Gasteiger charge is -2.04. The molecule has 122 valence electrons. The lowest BCUT2D eigenvalue weighted by molar-refractivity contribution is 0.102. The summed E-state index contributed by atoms with van der Waals surface area (Å²) in [5.74, 6) is 1.57. The number of nitrogens with one attached hydrogen (secondary N) is 1. The Hall–Kier alpha value is -2.47. The molecule has 6 heteroatoms. The van der Waals surface area contributed by atoms with Crippen molar-refractivity contribution in [3.8, 4) is 10.8 Å². The number of thiophene rings is 1. The number of carbonyl (C=O) groups is 1. The summed E-state index contributed by atoms with van der Waals surface area (Å²) in [6.07, 6.45) is 2.26. The van der Waals surface area contributed by atoms with Gasteiger partial charge in [-0.15, -0.1) is 21.5 Å². The van der Waals surface area contributed by atoms with Crippen molar-refractivity contribution < 1.29 is 9.21 Å². The minimum absolute atomic E-state index is 0.115. The zero-order valence-electron chi connectivity index (χ0n) is 13.5. The number of amides is 1. The van der Waals surface area contributed by atoms with Gasteiger partial charge in [0.15, 0.2) is 0 Å². The van der Waals surface area contributed by atoms with Gasteiger partial charge in [0.2, 0.25) is 5.89 Å². The Kier molecular flexibility index (Phi) is 3.69. The second kappa shape index (κ2) is 5.87. The van der Waals surface area contributed by atoms with E-state index in [1.54, 1.807) is 11.3 Å². The third-order valence-electron chi connectivity index (χ3n) is 4.02. The Morgan fingerprint density at radius 1 is 1.25 bits per heavy atom. The summed E-state index contributed by atoms with van der Waals surface area (Å²) in [7, 11) is 0. The molecule has 24 heavy (non-hydrogen) atoms. The monoisotopic (exact) mass is 339 g/mol. The van der Waals surface area contributed by atoms with Gasteiger partial charge in [0.1, 0.15) is 0 Å². The highest BCUT2D eigenvalue weighted by Gasteiger charge is 2.29. The smallest absolute Gasteiger partial charge is 0.257 e. The maximum atomic E-state index is 12.4. The topological polar surface area (TPSA) is 68.0 Å². The second-order valence-corrected chi connectivity index (χ2v) is 7.38. The van der Waals surface area contributed by atoms with E-state index in [1.807, 2.05) is 44.2 Å². The van der Waals surface area contributed by atoms with Crippen molar-refractivity contribution in [3.63, 3.8) is 0 Å². The van der Waals surface area contributed by atoms with Crippen LogP contribution < -0.4 is 5.32 Å². The lowest BCUT2D eigenvalue weighted by Crippen LogP contribution is -2.11. The predicted octanol–water partition coefficient (Wildman–Crippen LogP) is 4.54. The van der Waals surface area contributed by atoms with Crippen LogP contribution in [0.2, 0.25) is 0 Å². The molecule has 3 aromatic rings. The molecule has 2 aromatic heterocycles. The third kappa shape index (κ3) is 2.97. The van der Waals surface area contributed by atoms with Crippen LogP contribution in [0.1, 0.15) is 45.4 Å². The molecule has 0 atom stereocenters. The third-order valence-corrected chi connectivity index (χ3v) is 5.06. The van der Waals surface area contributed by atoms with Gasteiger partial charge < -0.3 is 9.73 Å². The van der Waals surface area contributed by atoms with Crippen LogP contribution in [0.4, 0.5) is 5.69 Å². The summed E-state index contributed by atoms with van der Waals surface area (Å²) in [6.45, 7) is 3.94. The molecule has 1 saturated carbocycles. The van der Waals surface area contributed by atoms with Crippen LogP contribution in [0.25, 0.3) is 10.8 Å². The molecule has 0 radical (unpaired) electrons. The fourth-order valence-corrected chi connectivity index (χ4v) is 3.42. The average Bonchev–Trinajstić information content (AvgIpc) is 3.18. The van der Waals surface area contributed by atoms with Crippen LogP contribution in [-0.4, -0.2) is 16.1 Å². The molecular formula is C18H17N3O2S. The largest absolute Gasteiger partial charge is 0.420 e. The molecule has 1 amide bonds. The summed E-state index contributed by atoms with van der Waals surface area (Å²) in [6, 6.07) is 9.44. The number of anilines is 1. The molecule has 0 unspecified atom stereocenters. The predicted molar refractivity (Wildman–Crippen MR) is 93.5 cm³/mol. The molecule has 0 aliphatic heterocycles. The average molecular weight is 339 g/mol. The Morgan fingerprint density at radius 3 is 2.83 bits per heavy atom. The van der Waals surface area contributed by atoms with Crippen molar-refractivity contribution in [2.24, 2.45) is 0 Å². The zero-order chi connectivity index (χ0) is 16.7. The Morgan fingerprint density at radius 2 is 2.08 bits per heavy atom. The van der Waals surface area contributed by atoms with Gasteiger partial charge in [-0.3, -0.25) is 4.79 Å². The standard InChI is InChI=1S/C18H17N3O2S/c1-10-4-3-5-13(8-10)16(22)19-14-9-15(24-11(14)2)18-21-20-17(23-18)12-6-7-12/h3-5,8-9,12H,6-7H2,1-2H3,(H,19,22). The number of rotatable bonds is 4. The highest BCUT2D eigenvalue weighted by atomic mass is 32.1. The number of hydrogen-bond acceptors (Lipinski definition) is 5. The molecule has 1 aromatic carbocycles. The molecule has 1 aliphatic carbocycles. The second-order valence-electron chi connectivity index (χ2n) is 6.12. The van der Waals surface area contributed by atoms with Crippen LogP contribution >= 0.6 is 11.3 Å². The summed E-state index contributed by atoms with van der Waals surface area (Å²) >= 11 is 1.54. The summed E-state index contributed by atoms with van der Waals surface area (Å²) < 4.78 is 5.74. The fourth-order valence-electron chi connectivity index (χ4n) is 2.52. The van der Waals surface area contributed by atoms with E-state index in [0.29, 0.717) is 17.4 Å². The SMILES string of the molecule is Cc1cccc(C(=O)Nc2cc(-c3nnc(C4CC4)o3)sc2C)c1. The van der Waals surface area contributed by atoms with Crippen molar-refractivity contribution in [2.75, 3.05) is 5.32 Å². The van der Waals surface area contributed by atoms with Crippen LogP contribution in [-0.2, 0) is 0 Å². The molecule has 5 nitrogen and oxygen atoms in total. The van der Waals surface area contributed by atoms with Gasteiger partial charge in [0.25, 0.3) is 11.8 Å². The zero-order valence-corrected chi connectivity index (χ0v) is 14.3. The van der Waals surface area contributed by atoms with E-state index >= 15 is 0 Å². The van der Waals surface area contributed by atoms with Gasteiger partial charge in [0.05, 0.1) is 10.6 Å². The minimum Gasteiger partial charge on any atom is -0.420 e. The van der Waals surface area contributed by atoms with E-state index in [9.17, 15) is 4.79 Å². The van der Waals surface area contributed by atoms with E-state index in [0.717, 1.165) is 39.7 Å². The van der Waals surface area contributed by atoms with Crippen molar-refractivity contribution in [2.45, 2.75) is 32.6 Å². The number of carbonyl (C=O) groups excluding carboxylic acids is 1. The van der Waals surface area contributed by atoms with Crippen molar-refractivity contribution in [1.82, 2.24) is 10.2 Å². The molecule has 0 saturated heterocycles. The summed E-state index contributed by atoms with van der Waals surface area (Å²) in [5.41, 5.74) is 2.49. The van der Waals surface area contributed by atoms with Crippen molar-refractivity contribution >= 4 is 22.9 Å². The number of nitrogens with zero attached hydrogens (tertiary/aromatic N) is 2. The van der Waals surface area contributed by atoms with Gasteiger partial charge >= 0.3 is 0 Å². The Bertz CT molecular complexity index is 909. The molecule has 1 aliphatic rings. The van der Waals surface area contributed by atoms with E-state index in [1.165, 1.54) is 0 Å². The normalized spacial score (nSPS) is 13.9. The molecule has 4 rings (SSSR count). The minimum atomic E-state index is -0.115. The van der Waals surface area contributed by atoms with E-state index in [4.69, 9.17) is 4.42 Å². The quantitative estimate of drug-likeness (QED) is 0.757. The van der Waals surface area contributed by atoms with Gasteiger partial charge in [0, 0.05) is 16.4 Å². The maximum Gasteiger partial charge on any atom is 0.257 e. The number of aryl methyl sites for hydroxylation is 2. The molecular weight excluding hydrogens is 322 g/mol. The number of aromatic nitrogens is 2. The van der Waals surface area contributed by atoms with E-state index in [2.05, 4.69) is 15.5 Å². The van der Waals surface area contributed by atoms with Crippen LogP contribution in [0.3, 0.4) is 0 Å². The molecule has 2 heterocycles. The van der Waals surface area contributed by atoms with Gasteiger partial charge in [-0.25, -0.2) is 0 Å². The first-order valence-corrected chi connectivity index (χ1v) is 8.74. The molecule has 0 bridgehead atoms. The van der Waals surface area contributed by atoms with Crippen LogP contribution in [0, 0.1) is 13.8 Å². The number of hydrogen-bond donors (Lipinski definition) is 1. The Labute approximate surface area is 143 Å². The first kappa shape index (κ1) is 15.1. The highest BCUT2D eigenvalue weighted by molar-refractivity contribution is 7.15.